The number of amidine groups is 1. The highest BCUT2D eigenvalue weighted by atomic mass is 32.2. The predicted octanol–water partition coefficient (Wildman–Crippen LogP) is 3.17. The summed E-state index contributed by atoms with van der Waals surface area (Å²) in [4.78, 5) is 2.08. The summed E-state index contributed by atoms with van der Waals surface area (Å²) in [5, 5.41) is 12.9. The molecule has 2 aromatic carbocycles. The summed E-state index contributed by atoms with van der Waals surface area (Å²) in [5.41, 5.74) is 2.04. The molecular formula is C20H23N2O2S+. The van der Waals surface area contributed by atoms with Crippen LogP contribution >= 0.6 is 11.8 Å². The molecule has 0 radical (unpaired) electrons. The van der Waals surface area contributed by atoms with Crippen LogP contribution in [0.5, 0.6) is 5.75 Å². The number of benzene rings is 2. The van der Waals surface area contributed by atoms with Crippen molar-refractivity contribution >= 4 is 22.6 Å². The van der Waals surface area contributed by atoms with E-state index in [-0.39, 0.29) is 0 Å². The zero-order valence-corrected chi connectivity index (χ0v) is 15.4. The van der Waals surface area contributed by atoms with Gasteiger partial charge in [0.05, 0.1) is 13.7 Å². The summed E-state index contributed by atoms with van der Waals surface area (Å²) >= 11 is 1.82. The quantitative estimate of drug-likeness (QED) is 0.858. The van der Waals surface area contributed by atoms with Crippen molar-refractivity contribution in [2.45, 2.75) is 19.1 Å². The number of aliphatic hydroxyl groups is 1. The van der Waals surface area contributed by atoms with E-state index in [0.29, 0.717) is 6.54 Å². The number of aryl methyl sites for hydroxylation is 1. The van der Waals surface area contributed by atoms with Gasteiger partial charge in [0.25, 0.3) is 5.72 Å². The zero-order chi connectivity index (χ0) is 17.4. The largest absolute Gasteiger partial charge is 0.497 e. The molecular weight excluding hydrogens is 332 g/mol. The van der Waals surface area contributed by atoms with E-state index in [9.17, 15) is 5.11 Å². The third-order valence-electron chi connectivity index (χ3n) is 4.89. The summed E-state index contributed by atoms with van der Waals surface area (Å²) in [6.07, 6.45) is 1.15. The first-order chi connectivity index (χ1) is 12.1. The fourth-order valence-corrected chi connectivity index (χ4v) is 4.73. The lowest BCUT2D eigenvalue weighted by Crippen LogP contribution is -2.46. The number of methoxy groups -OCH3 is 1. The molecule has 0 aliphatic carbocycles. The molecule has 0 fully saturated rings. The number of rotatable bonds is 3. The number of ether oxygens (including phenoxy) is 1. The zero-order valence-electron chi connectivity index (χ0n) is 14.6. The van der Waals surface area contributed by atoms with Crippen LogP contribution in [0.1, 0.15) is 17.5 Å². The second-order valence-electron chi connectivity index (χ2n) is 6.62. The minimum Gasteiger partial charge on any atom is -0.497 e. The van der Waals surface area contributed by atoms with Crippen LogP contribution in [-0.2, 0) is 5.72 Å². The number of thioether (sulfide) groups is 1. The van der Waals surface area contributed by atoms with Crippen LogP contribution in [0.25, 0.3) is 0 Å². The molecule has 130 valence electrons. The van der Waals surface area contributed by atoms with Crippen molar-refractivity contribution in [2.24, 2.45) is 0 Å². The molecule has 4 rings (SSSR count). The molecule has 2 heterocycles. The van der Waals surface area contributed by atoms with Crippen LogP contribution in [0.4, 0.5) is 5.69 Å². The first kappa shape index (κ1) is 16.5. The van der Waals surface area contributed by atoms with Crippen molar-refractivity contribution < 1.29 is 14.4 Å². The molecule has 2 aromatic rings. The van der Waals surface area contributed by atoms with Crippen LogP contribution in [0, 0.1) is 6.92 Å². The van der Waals surface area contributed by atoms with E-state index < -0.39 is 5.72 Å². The Morgan fingerprint density at radius 2 is 1.84 bits per heavy atom. The van der Waals surface area contributed by atoms with Gasteiger partial charge in [0, 0.05) is 11.3 Å². The third-order valence-corrected chi connectivity index (χ3v) is 6.08. The minimum atomic E-state index is -1.06. The summed E-state index contributed by atoms with van der Waals surface area (Å²) < 4.78 is 7.59. The van der Waals surface area contributed by atoms with Crippen molar-refractivity contribution in [1.29, 1.82) is 0 Å². The summed E-state index contributed by atoms with van der Waals surface area (Å²) in [6.45, 7) is 3.64. The first-order valence-corrected chi connectivity index (χ1v) is 9.59. The normalized spacial score (nSPS) is 22.9. The maximum absolute atomic E-state index is 11.7. The molecule has 4 nitrogen and oxygen atoms in total. The number of hydrogen-bond donors (Lipinski definition) is 1. The minimum absolute atomic E-state index is 0.588. The van der Waals surface area contributed by atoms with Gasteiger partial charge in [-0.15, -0.1) is 0 Å². The fourth-order valence-electron chi connectivity index (χ4n) is 3.55. The molecule has 0 amide bonds. The smallest absolute Gasteiger partial charge is 0.316 e. The third kappa shape index (κ3) is 2.81. The van der Waals surface area contributed by atoms with E-state index in [4.69, 9.17) is 4.74 Å². The Hall–Kier alpha value is -1.98. The Kier molecular flexibility index (Phi) is 4.21. The molecule has 5 heteroatoms. The lowest BCUT2D eigenvalue weighted by Gasteiger charge is -2.28. The molecule has 0 bridgehead atoms. The Morgan fingerprint density at radius 1 is 1.12 bits per heavy atom. The molecule has 2 aliphatic heterocycles. The molecule has 25 heavy (non-hydrogen) atoms. The molecule has 0 aromatic heterocycles. The van der Waals surface area contributed by atoms with Gasteiger partial charge < -0.3 is 9.84 Å². The van der Waals surface area contributed by atoms with Gasteiger partial charge in [0.15, 0.2) is 6.54 Å². The second kappa shape index (κ2) is 6.39. The van der Waals surface area contributed by atoms with E-state index in [2.05, 4.69) is 28.5 Å². The topological polar surface area (TPSA) is 35.7 Å². The molecule has 0 saturated carbocycles. The molecule has 0 saturated heterocycles. The highest BCUT2D eigenvalue weighted by Crippen LogP contribution is 2.40. The Balaban J connectivity index is 1.81. The fraction of sp³-hybridized carbons (Fsp3) is 0.350. The van der Waals surface area contributed by atoms with Gasteiger partial charge in [-0.3, -0.25) is 0 Å². The van der Waals surface area contributed by atoms with Crippen molar-refractivity contribution in [3.05, 3.63) is 59.7 Å². The van der Waals surface area contributed by atoms with E-state index in [1.165, 1.54) is 5.56 Å². The lowest BCUT2D eigenvalue weighted by molar-refractivity contribution is -0.532. The monoisotopic (exact) mass is 355 g/mol. The van der Waals surface area contributed by atoms with Crippen LogP contribution in [0.2, 0.25) is 0 Å². The number of hydrogen-bond acceptors (Lipinski definition) is 4. The van der Waals surface area contributed by atoms with E-state index in [0.717, 1.165) is 40.9 Å². The van der Waals surface area contributed by atoms with Gasteiger partial charge in [0.2, 0.25) is 0 Å². The van der Waals surface area contributed by atoms with Crippen molar-refractivity contribution in [2.75, 3.05) is 30.9 Å². The average molecular weight is 355 g/mol. The predicted molar refractivity (Wildman–Crippen MR) is 103 cm³/mol. The number of nitrogens with zero attached hydrogens (tertiary/aromatic N) is 2. The summed E-state index contributed by atoms with van der Waals surface area (Å²) in [6, 6.07) is 16.1. The number of anilines is 1. The van der Waals surface area contributed by atoms with Gasteiger partial charge in [0.1, 0.15) is 11.4 Å². The van der Waals surface area contributed by atoms with Crippen LogP contribution in [0.3, 0.4) is 0 Å². The van der Waals surface area contributed by atoms with Crippen molar-refractivity contribution in [3.63, 3.8) is 0 Å². The van der Waals surface area contributed by atoms with Gasteiger partial charge in [-0.05, 0) is 49.4 Å². The Morgan fingerprint density at radius 3 is 2.52 bits per heavy atom. The first-order valence-electron chi connectivity index (χ1n) is 8.60. The standard InChI is InChI=1S/C20H23N2O2S/c1-15-4-6-16(7-5-15)20(23)14-21-12-3-13-25-19(21)22(20)17-8-10-18(24-2)11-9-17/h4-11,23H,3,12-14H2,1-2H3/q+1/t20-/m0/s1. The second-order valence-corrected chi connectivity index (χ2v) is 7.68. The van der Waals surface area contributed by atoms with E-state index in [1.54, 1.807) is 7.11 Å². The van der Waals surface area contributed by atoms with Gasteiger partial charge in [-0.25, -0.2) is 4.58 Å². The highest BCUT2D eigenvalue weighted by molar-refractivity contribution is 8.14. The molecule has 1 N–H and O–H groups in total. The highest BCUT2D eigenvalue weighted by Gasteiger charge is 2.55. The Bertz CT molecular complexity index is 801. The average Bonchev–Trinajstić information content (AvgIpc) is 2.95. The van der Waals surface area contributed by atoms with Gasteiger partial charge in [-0.2, -0.15) is 4.90 Å². The SMILES string of the molecule is COc1ccc(N2C3=[N+](CCCS3)C[C@]2(O)c2ccc(C)cc2)cc1. The lowest BCUT2D eigenvalue weighted by atomic mass is 10.00. The molecule has 0 unspecified atom stereocenters. The summed E-state index contributed by atoms with van der Waals surface area (Å²) in [5.74, 6) is 1.91. The Labute approximate surface area is 152 Å². The van der Waals surface area contributed by atoms with Crippen molar-refractivity contribution in [1.82, 2.24) is 0 Å². The summed E-state index contributed by atoms with van der Waals surface area (Å²) in [7, 11) is 1.67. The van der Waals surface area contributed by atoms with Gasteiger partial charge >= 0.3 is 5.17 Å². The van der Waals surface area contributed by atoms with Gasteiger partial charge in [-0.1, -0.05) is 29.8 Å². The maximum atomic E-state index is 11.7. The van der Waals surface area contributed by atoms with E-state index >= 15 is 0 Å². The van der Waals surface area contributed by atoms with Crippen LogP contribution in [-0.4, -0.2) is 40.8 Å². The molecule has 0 spiro atoms. The molecule has 1 atom stereocenters. The van der Waals surface area contributed by atoms with Crippen LogP contribution < -0.4 is 9.64 Å². The van der Waals surface area contributed by atoms with Crippen molar-refractivity contribution in [3.8, 4) is 5.75 Å². The molecule has 2 aliphatic rings. The van der Waals surface area contributed by atoms with E-state index in [1.807, 2.05) is 48.2 Å². The maximum Gasteiger partial charge on any atom is 0.316 e. The van der Waals surface area contributed by atoms with Crippen LogP contribution in [0.15, 0.2) is 48.5 Å².